The van der Waals surface area contributed by atoms with Crippen molar-refractivity contribution >= 4 is 22.7 Å². The van der Waals surface area contributed by atoms with Gasteiger partial charge in [-0.2, -0.15) is 0 Å². The number of carbonyl (C=O) groups is 2. The van der Waals surface area contributed by atoms with Crippen molar-refractivity contribution in [3.63, 3.8) is 0 Å². The van der Waals surface area contributed by atoms with Gasteiger partial charge in [0.25, 0.3) is 0 Å². The third-order valence-electron chi connectivity index (χ3n) is 2.54. The summed E-state index contributed by atoms with van der Waals surface area (Å²) in [7, 11) is 0. The van der Waals surface area contributed by atoms with E-state index in [1.54, 1.807) is 12.1 Å². The maximum Gasteiger partial charge on any atom is 0.335 e. The van der Waals surface area contributed by atoms with Crippen LogP contribution in [0.15, 0.2) is 36.4 Å². The van der Waals surface area contributed by atoms with Crippen LogP contribution >= 0.6 is 0 Å². The van der Waals surface area contributed by atoms with Crippen LogP contribution in [-0.4, -0.2) is 22.2 Å². The number of carboxylic acid groups (broad SMARTS) is 2. The van der Waals surface area contributed by atoms with E-state index in [1.165, 1.54) is 24.3 Å². The van der Waals surface area contributed by atoms with E-state index in [2.05, 4.69) is 5.92 Å². The van der Waals surface area contributed by atoms with Gasteiger partial charge in [-0.1, -0.05) is 19.1 Å². The van der Waals surface area contributed by atoms with Crippen molar-refractivity contribution in [1.29, 1.82) is 0 Å². The Morgan fingerprint density at radius 2 is 1.35 bits per heavy atom. The van der Waals surface area contributed by atoms with E-state index in [0.717, 1.165) is 6.42 Å². The van der Waals surface area contributed by atoms with Gasteiger partial charge in [-0.05, 0) is 35.0 Å². The quantitative estimate of drug-likeness (QED) is 0.821. The third-order valence-corrected chi connectivity index (χ3v) is 2.54. The average Bonchev–Trinajstić information content (AvgIpc) is 2.46. The second-order valence-electron chi connectivity index (χ2n) is 3.94. The van der Waals surface area contributed by atoms with E-state index >= 15 is 0 Å². The Morgan fingerprint density at radius 3 is 1.60 bits per heavy atom. The molecule has 0 unspecified atom stereocenters. The maximum atomic E-state index is 10.7. The summed E-state index contributed by atoms with van der Waals surface area (Å²) in [6.07, 6.45) is 5.62. The number of rotatable bonds is 2. The number of aromatic carboxylic acids is 2. The topological polar surface area (TPSA) is 74.6 Å². The van der Waals surface area contributed by atoms with Crippen LogP contribution < -0.4 is 0 Å². The standard InChI is InChI=1S/C12H8O4.C4H6/c13-11(14)9-3-1-7-5-10(12(15)16)4-2-8(7)6-9;1-3-4-2/h1-6H,(H,13,14)(H,15,16);1H,4H2,2H3. The molecule has 2 aromatic rings. The Balaban J connectivity index is 0.000000444. The second kappa shape index (κ2) is 6.95. The maximum absolute atomic E-state index is 10.7. The van der Waals surface area contributed by atoms with Crippen molar-refractivity contribution < 1.29 is 19.8 Å². The van der Waals surface area contributed by atoms with Gasteiger partial charge in [0, 0.05) is 6.42 Å². The van der Waals surface area contributed by atoms with Crippen LogP contribution in [0.3, 0.4) is 0 Å². The monoisotopic (exact) mass is 270 g/mol. The van der Waals surface area contributed by atoms with Gasteiger partial charge in [0.05, 0.1) is 11.1 Å². The summed E-state index contributed by atoms with van der Waals surface area (Å²) in [6.45, 7) is 1.94. The van der Waals surface area contributed by atoms with Gasteiger partial charge in [0.2, 0.25) is 0 Å². The number of benzene rings is 2. The zero-order chi connectivity index (χ0) is 15.1. The molecule has 0 saturated carbocycles. The van der Waals surface area contributed by atoms with Crippen LogP contribution in [0.5, 0.6) is 0 Å². The van der Waals surface area contributed by atoms with Crippen molar-refractivity contribution in [3.8, 4) is 12.3 Å². The lowest BCUT2D eigenvalue weighted by Crippen LogP contribution is -1.97. The first kappa shape index (κ1) is 15.3. The molecule has 0 aliphatic rings. The van der Waals surface area contributed by atoms with E-state index < -0.39 is 11.9 Å². The highest BCUT2D eigenvalue weighted by Crippen LogP contribution is 2.18. The van der Waals surface area contributed by atoms with Crippen LogP contribution in [0.1, 0.15) is 34.1 Å². The smallest absolute Gasteiger partial charge is 0.335 e. The molecular weight excluding hydrogens is 256 g/mol. The molecule has 0 atom stereocenters. The number of fused-ring (bicyclic) bond motifs is 1. The Kier molecular flexibility index (Phi) is 5.31. The molecule has 0 heterocycles. The van der Waals surface area contributed by atoms with Crippen LogP contribution in [0.2, 0.25) is 0 Å². The Hall–Kier alpha value is -2.80. The normalized spacial score (nSPS) is 9.20. The van der Waals surface area contributed by atoms with Gasteiger partial charge in [-0.3, -0.25) is 0 Å². The predicted molar refractivity (Wildman–Crippen MR) is 77.0 cm³/mol. The number of carboxylic acids is 2. The molecule has 0 aromatic heterocycles. The molecule has 0 aliphatic carbocycles. The molecule has 0 spiro atoms. The van der Waals surface area contributed by atoms with Crippen LogP contribution in [0.25, 0.3) is 10.8 Å². The summed E-state index contributed by atoms with van der Waals surface area (Å²) >= 11 is 0. The molecule has 2 rings (SSSR count). The summed E-state index contributed by atoms with van der Waals surface area (Å²) in [5, 5.41) is 19.0. The minimum Gasteiger partial charge on any atom is -0.478 e. The second-order valence-corrected chi connectivity index (χ2v) is 3.94. The van der Waals surface area contributed by atoms with Crippen molar-refractivity contribution in [1.82, 2.24) is 0 Å². The Morgan fingerprint density at radius 1 is 1.00 bits per heavy atom. The minimum atomic E-state index is -0.996. The highest BCUT2D eigenvalue weighted by atomic mass is 16.4. The van der Waals surface area contributed by atoms with Gasteiger partial charge in [0.1, 0.15) is 0 Å². The fraction of sp³-hybridized carbons (Fsp3) is 0.125. The lowest BCUT2D eigenvalue weighted by Gasteiger charge is -2.01. The average molecular weight is 270 g/mol. The van der Waals surface area contributed by atoms with Crippen molar-refractivity contribution in [2.24, 2.45) is 0 Å². The summed E-state index contributed by atoms with van der Waals surface area (Å²) < 4.78 is 0. The zero-order valence-corrected chi connectivity index (χ0v) is 11.0. The van der Waals surface area contributed by atoms with Gasteiger partial charge >= 0.3 is 11.9 Å². The summed E-state index contributed by atoms with van der Waals surface area (Å²) in [6, 6.07) is 9.15. The Bertz CT molecular complexity index is 627. The van der Waals surface area contributed by atoms with Crippen molar-refractivity contribution in [3.05, 3.63) is 47.5 Å². The van der Waals surface area contributed by atoms with Crippen LogP contribution in [0, 0.1) is 12.3 Å². The van der Waals surface area contributed by atoms with Crippen LogP contribution in [0.4, 0.5) is 0 Å². The highest BCUT2D eigenvalue weighted by molar-refractivity contribution is 5.97. The third kappa shape index (κ3) is 3.85. The first-order chi connectivity index (χ1) is 9.49. The van der Waals surface area contributed by atoms with Gasteiger partial charge in [0.15, 0.2) is 0 Å². The molecule has 0 amide bonds. The molecule has 4 heteroatoms. The van der Waals surface area contributed by atoms with Crippen molar-refractivity contribution in [2.45, 2.75) is 13.3 Å². The molecule has 2 N–H and O–H groups in total. The van der Waals surface area contributed by atoms with E-state index in [-0.39, 0.29) is 11.1 Å². The molecule has 4 nitrogen and oxygen atoms in total. The molecular formula is C16H14O4. The number of hydrogen-bond donors (Lipinski definition) is 2. The van der Waals surface area contributed by atoms with E-state index in [0.29, 0.717) is 10.8 Å². The molecule has 2 aromatic carbocycles. The summed E-state index contributed by atoms with van der Waals surface area (Å²) in [5.41, 5.74) is 0.381. The fourth-order valence-corrected chi connectivity index (χ4v) is 1.51. The molecule has 0 aliphatic heterocycles. The lowest BCUT2D eigenvalue weighted by molar-refractivity contribution is 0.0686. The summed E-state index contributed by atoms with van der Waals surface area (Å²) in [4.78, 5) is 21.5. The van der Waals surface area contributed by atoms with E-state index in [1.807, 2.05) is 6.92 Å². The number of terminal acetylenes is 1. The summed E-state index contributed by atoms with van der Waals surface area (Å²) in [5.74, 6) is 0.438. The molecule has 0 radical (unpaired) electrons. The fourth-order valence-electron chi connectivity index (χ4n) is 1.51. The highest BCUT2D eigenvalue weighted by Gasteiger charge is 2.06. The van der Waals surface area contributed by atoms with Gasteiger partial charge in [-0.15, -0.1) is 12.3 Å². The molecule has 102 valence electrons. The van der Waals surface area contributed by atoms with Gasteiger partial charge in [-0.25, -0.2) is 9.59 Å². The SMILES string of the molecule is C#CCC.O=C(O)c1ccc2cc(C(=O)O)ccc2c1. The molecule has 0 saturated heterocycles. The largest absolute Gasteiger partial charge is 0.478 e. The number of hydrogen-bond acceptors (Lipinski definition) is 2. The lowest BCUT2D eigenvalue weighted by atomic mass is 10.0. The minimum absolute atomic E-state index is 0.190. The molecule has 20 heavy (non-hydrogen) atoms. The Labute approximate surface area is 116 Å². The molecule has 0 bridgehead atoms. The zero-order valence-electron chi connectivity index (χ0n) is 11.0. The predicted octanol–water partition coefficient (Wildman–Crippen LogP) is 3.27. The first-order valence-corrected chi connectivity index (χ1v) is 5.93. The van der Waals surface area contributed by atoms with E-state index in [9.17, 15) is 9.59 Å². The van der Waals surface area contributed by atoms with Crippen molar-refractivity contribution in [2.75, 3.05) is 0 Å². The van der Waals surface area contributed by atoms with Crippen LogP contribution in [-0.2, 0) is 0 Å². The first-order valence-electron chi connectivity index (χ1n) is 5.93. The molecule has 0 fully saturated rings. The van der Waals surface area contributed by atoms with Gasteiger partial charge < -0.3 is 10.2 Å². The van der Waals surface area contributed by atoms with E-state index in [4.69, 9.17) is 16.6 Å².